The third kappa shape index (κ3) is 3.96. The van der Waals surface area contributed by atoms with Crippen molar-refractivity contribution in [3.05, 3.63) is 0 Å². The van der Waals surface area contributed by atoms with Crippen LogP contribution in [0.4, 0.5) is 0 Å². The first-order valence-electron chi connectivity index (χ1n) is 6.88. The molecule has 17 heavy (non-hydrogen) atoms. The molecule has 98 valence electrons. The van der Waals surface area contributed by atoms with E-state index in [1.807, 2.05) is 4.90 Å². The van der Waals surface area contributed by atoms with Crippen LogP contribution in [0.25, 0.3) is 0 Å². The van der Waals surface area contributed by atoms with E-state index in [2.05, 4.69) is 12.2 Å². The minimum absolute atomic E-state index is 0.299. The zero-order valence-electron chi connectivity index (χ0n) is 10.8. The molecule has 2 aliphatic rings. The van der Waals surface area contributed by atoms with Crippen LogP contribution < -0.4 is 5.32 Å². The average molecular weight is 240 g/mol. The molecule has 1 N–H and O–H groups in total. The lowest BCUT2D eigenvalue weighted by atomic mass is 10.0. The molecule has 0 spiro atoms. The van der Waals surface area contributed by atoms with Gasteiger partial charge in [-0.25, -0.2) is 0 Å². The second-order valence-electron chi connectivity index (χ2n) is 5.22. The highest BCUT2D eigenvalue weighted by Crippen LogP contribution is 2.17. The Kier molecular flexibility index (Phi) is 4.80. The summed E-state index contributed by atoms with van der Waals surface area (Å²) in [6, 6.07) is 0.429. The van der Waals surface area contributed by atoms with Crippen molar-refractivity contribution >= 4 is 5.91 Å². The SMILES string of the molecule is C[C@@H]1CN(C(=O)CCC2CCCCO2)CCN1. The number of piperazine rings is 1. The number of nitrogens with one attached hydrogen (secondary N) is 1. The van der Waals surface area contributed by atoms with Crippen molar-refractivity contribution in [3.63, 3.8) is 0 Å². The van der Waals surface area contributed by atoms with Gasteiger partial charge in [0.2, 0.25) is 5.91 Å². The zero-order valence-corrected chi connectivity index (χ0v) is 10.8. The normalized spacial score (nSPS) is 30.3. The molecule has 0 aromatic carbocycles. The molecule has 2 atom stereocenters. The Morgan fingerprint density at radius 3 is 3.06 bits per heavy atom. The van der Waals surface area contributed by atoms with Crippen molar-refractivity contribution in [3.8, 4) is 0 Å². The van der Waals surface area contributed by atoms with Crippen molar-refractivity contribution in [2.45, 2.75) is 51.2 Å². The Labute approximate surface area is 104 Å². The first kappa shape index (κ1) is 12.8. The highest BCUT2D eigenvalue weighted by atomic mass is 16.5. The van der Waals surface area contributed by atoms with E-state index in [0.29, 0.717) is 24.5 Å². The van der Waals surface area contributed by atoms with Crippen LogP contribution in [-0.4, -0.2) is 49.2 Å². The standard InChI is InChI=1S/C13H24N2O2/c1-11-10-15(8-7-14-11)13(16)6-5-12-4-2-3-9-17-12/h11-12,14H,2-10H2,1H3/t11-,12?/m1/s1. The topological polar surface area (TPSA) is 41.6 Å². The van der Waals surface area contributed by atoms with E-state index in [1.165, 1.54) is 12.8 Å². The minimum atomic E-state index is 0.299. The predicted molar refractivity (Wildman–Crippen MR) is 66.9 cm³/mol. The van der Waals surface area contributed by atoms with Crippen LogP contribution in [0.2, 0.25) is 0 Å². The highest BCUT2D eigenvalue weighted by molar-refractivity contribution is 5.76. The number of ether oxygens (including phenoxy) is 1. The summed E-state index contributed by atoms with van der Waals surface area (Å²) in [6.45, 7) is 5.64. The molecule has 2 rings (SSSR count). The Balaban J connectivity index is 1.69. The smallest absolute Gasteiger partial charge is 0.222 e. The molecule has 1 unspecified atom stereocenters. The van der Waals surface area contributed by atoms with E-state index in [1.54, 1.807) is 0 Å². The summed E-state index contributed by atoms with van der Waals surface area (Å²) in [6.07, 6.45) is 5.44. The van der Waals surface area contributed by atoms with Gasteiger partial charge in [-0.2, -0.15) is 0 Å². The lowest BCUT2D eigenvalue weighted by molar-refractivity contribution is -0.133. The van der Waals surface area contributed by atoms with E-state index in [9.17, 15) is 4.79 Å². The van der Waals surface area contributed by atoms with Gasteiger partial charge in [0.05, 0.1) is 6.10 Å². The van der Waals surface area contributed by atoms with Crippen molar-refractivity contribution < 1.29 is 9.53 Å². The summed E-state index contributed by atoms with van der Waals surface area (Å²) >= 11 is 0. The third-order valence-electron chi connectivity index (χ3n) is 3.68. The summed E-state index contributed by atoms with van der Waals surface area (Å²) in [4.78, 5) is 14.0. The van der Waals surface area contributed by atoms with Gasteiger partial charge in [0.15, 0.2) is 0 Å². The molecule has 4 heteroatoms. The fourth-order valence-electron chi connectivity index (χ4n) is 2.64. The fourth-order valence-corrected chi connectivity index (χ4v) is 2.64. The molecule has 4 nitrogen and oxygen atoms in total. The Hall–Kier alpha value is -0.610. The molecule has 0 aromatic heterocycles. The van der Waals surface area contributed by atoms with Gasteiger partial charge in [-0.15, -0.1) is 0 Å². The largest absolute Gasteiger partial charge is 0.378 e. The molecular weight excluding hydrogens is 216 g/mol. The number of rotatable bonds is 3. The third-order valence-corrected chi connectivity index (χ3v) is 3.68. The maximum absolute atomic E-state index is 12.0. The van der Waals surface area contributed by atoms with Gasteiger partial charge >= 0.3 is 0 Å². The first-order valence-corrected chi connectivity index (χ1v) is 6.88. The summed E-state index contributed by atoms with van der Waals surface area (Å²) in [5.74, 6) is 0.299. The molecule has 2 aliphatic heterocycles. The fraction of sp³-hybridized carbons (Fsp3) is 0.923. The van der Waals surface area contributed by atoms with Crippen LogP contribution in [0.5, 0.6) is 0 Å². The quantitative estimate of drug-likeness (QED) is 0.805. The number of carbonyl (C=O) groups excluding carboxylic acids is 1. The van der Waals surface area contributed by atoms with Crippen molar-refractivity contribution in [2.75, 3.05) is 26.2 Å². The summed E-state index contributed by atoms with van der Waals surface area (Å²) in [5, 5.41) is 3.35. The lowest BCUT2D eigenvalue weighted by Gasteiger charge is -2.32. The van der Waals surface area contributed by atoms with Crippen LogP contribution in [0, 0.1) is 0 Å². The van der Waals surface area contributed by atoms with Gasteiger partial charge in [0.25, 0.3) is 0 Å². The Bertz CT molecular complexity index is 252. The maximum Gasteiger partial charge on any atom is 0.222 e. The number of carbonyl (C=O) groups is 1. The highest BCUT2D eigenvalue weighted by Gasteiger charge is 2.22. The predicted octanol–water partition coefficient (Wildman–Crippen LogP) is 1.16. The number of amides is 1. The molecule has 0 radical (unpaired) electrons. The number of hydrogen-bond acceptors (Lipinski definition) is 3. The van der Waals surface area contributed by atoms with Crippen molar-refractivity contribution in [2.24, 2.45) is 0 Å². The Morgan fingerprint density at radius 2 is 2.35 bits per heavy atom. The first-order chi connectivity index (χ1) is 8.25. The van der Waals surface area contributed by atoms with Gasteiger partial charge in [0, 0.05) is 38.7 Å². The maximum atomic E-state index is 12.0. The summed E-state index contributed by atoms with van der Waals surface area (Å²) in [7, 11) is 0. The summed E-state index contributed by atoms with van der Waals surface area (Å²) < 4.78 is 5.65. The number of nitrogens with zero attached hydrogens (tertiary/aromatic N) is 1. The van der Waals surface area contributed by atoms with Gasteiger partial charge in [-0.3, -0.25) is 4.79 Å². The van der Waals surface area contributed by atoms with Gasteiger partial charge in [0.1, 0.15) is 0 Å². The molecular formula is C13H24N2O2. The molecule has 2 saturated heterocycles. The zero-order chi connectivity index (χ0) is 12.1. The van der Waals surface area contributed by atoms with Crippen molar-refractivity contribution in [1.82, 2.24) is 10.2 Å². The average Bonchev–Trinajstić information content (AvgIpc) is 2.37. The van der Waals surface area contributed by atoms with Crippen LogP contribution in [0.1, 0.15) is 39.0 Å². The van der Waals surface area contributed by atoms with Gasteiger partial charge < -0.3 is 15.0 Å². The molecule has 2 heterocycles. The van der Waals surface area contributed by atoms with E-state index in [0.717, 1.165) is 39.1 Å². The van der Waals surface area contributed by atoms with Crippen LogP contribution in [-0.2, 0) is 9.53 Å². The second-order valence-corrected chi connectivity index (χ2v) is 5.22. The number of hydrogen-bond donors (Lipinski definition) is 1. The molecule has 0 aromatic rings. The minimum Gasteiger partial charge on any atom is -0.378 e. The van der Waals surface area contributed by atoms with E-state index in [4.69, 9.17) is 4.74 Å². The van der Waals surface area contributed by atoms with Gasteiger partial charge in [-0.1, -0.05) is 0 Å². The summed E-state index contributed by atoms with van der Waals surface area (Å²) in [5.41, 5.74) is 0. The van der Waals surface area contributed by atoms with E-state index in [-0.39, 0.29) is 0 Å². The molecule has 1 amide bonds. The van der Waals surface area contributed by atoms with E-state index >= 15 is 0 Å². The molecule has 0 saturated carbocycles. The van der Waals surface area contributed by atoms with Crippen LogP contribution >= 0.6 is 0 Å². The van der Waals surface area contributed by atoms with Gasteiger partial charge in [-0.05, 0) is 32.6 Å². The second kappa shape index (κ2) is 6.36. The molecule has 0 bridgehead atoms. The van der Waals surface area contributed by atoms with Crippen LogP contribution in [0.15, 0.2) is 0 Å². The van der Waals surface area contributed by atoms with Crippen molar-refractivity contribution in [1.29, 1.82) is 0 Å². The lowest BCUT2D eigenvalue weighted by Crippen LogP contribution is -2.51. The van der Waals surface area contributed by atoms with Crippen LogP contribution in [0.3, 0.4) is 0 Å². The van der Waals surface area contributed by atoms with E-state index < -0.39 is 0 Å². The monoisotopic (exact) mass is 240 g/mol. The molecule has 2 fully saturated rings. The Morgan fingerprint density at radius 1 is 1.47 bits per heavy atom. The molecule has 0 aliphatic carbocycles.